The van der Waals surface area contributed by atoms with E-state index in [-0.39, 0.29) is 12.3 Å². The first-order valence-electron chi connectivity index (χ1n) is 10.7. The van der Waals surface area contributed by atoms with E-state index in [0.29, 0.717) is 26.2 Å². The van der Waals surface area contributed by atoms with Crippen LogP contribution in [0.5, 0.6) is 0 Å². The molecule has 3 aromatic rings. The Balaban J connectivity index is 1.52. The van der Waals surface area contributed by atoms with Gasteiger partial charge < -0.3 is 9.80 Å². The minimum atomic E-state index is -4.24. The van der Waals surface area contributed by atoms with E-state index in [9.17, 15) is 17.6 Å². The zero-order chi connectivity index (χ0) is 23.3. The molecule has 1 aromatic heterocycles. The second-order valence-corrected chi connectivity index (χ2v) is 9.48. The Morgan fingerprint density at radius 2 is 1.61 bits per heavy atom. The Hall–Kier alpha value is -3.30. The van der Waals surface area contributed by atoms with Gasteiger partial charge in [0.05, 0.1) is 0 Å². The van der Waals surface area contributed by atoms with Crippen molar-refractivity contribution in [1.82, 2.24) is 14.6 Å². The predicted octanol–water partition coefficient (Wildman–Crippen LogP) is 2.46. The van der Waals surface area contributed by atoms with Gasteiger partial charge in [-0.1, -0.05) is 48.5 Å². The molecule has 4 rings (SSSR count). The summed E-state index contributed by atoms with van der Waals surface area (Å²) >= 11 is 0. The second-order valence-electron chi connectivity index (χ2n) is 7.79. The molecule has 2 heterocycles. The van der Waals surface area contributed by atoms with Gasteiger partial charge >= 0.3 is 0 Å². The summed E-state index contributed by atoms with van der Waals surface area (Å²) in [7, 11) is -4.24. The van der Waals surface area contributed by atoms with E-state index in [2.05, 4.69) is 14.6 Å². The number of amides is 1. The van der Waals surface area contributed by atoms with Gasteiger partial charge in [-0.15, -0.1) is 0 Å². The molecule has 0 bridgehead atoms. The molecule has 9 heteroatoms. The summed E-state index contributed by atoms with van der Waals surface area (Å²) in [5.74, 6) is -0.356. The number of hydrogen-bond acceptors (Lipinski definition) is 5. The number of pyridine rings is 1. The summed E-state index contributed by atoms with van der Waals surface area (Å²) in [4.78, 5) is 21.0. The minimum Gasteiger partial charge on any atom is -0.353 e. The Kier molecular flexibility index (Phi) is 7.00. The van der Waals surface area contributed by atoms with Crippen LogP contribution in [0.2, 0.25) is 0 Å². The number of hydrogen-bond donors (Lipinski definition) is 1. The van der Waals surface area contributed by atoms with Crippen molar-refractivity contribution < 1.29 is 17.6 Å². The Bertz CT molecular complexity index is 1180. The summed E-state index contributed by atoms with van der Waals surface area (Å²) in [5.41, 5.74) is 0.805. The van der Waals surface area contributed by atoms with E-state index < -0.39 is 26.8 Å². The molecule has 1 fully saturated rings. The van der Waals surface area contributed by atoms with E-state index >= 15 is 0 Å². The monoisotopic (exact) mass is 468 g/mol. The SMILES string of the molecule is O=C(C(Cc1ccccc1)NS(=O)(=O)c1ccccc1F)N1CCN(c2ccccn2)CC1. The van der Waals surface area contributed by atoms with Gasteiger partial charge in [0.15, 0.2) is 0 Å². The maximum Gasteiger partial charge on any atom is 0.244 e. The van der Waals surface area contributed by atoms with Gasteiger partial charge in [-0.2, -0.15) is 4.72 Å². The Labute approximate surface area is 192 Å². The summed E-state index contributed by atoms with van der Waals surface area (Å²) in [6.07, 6.45) is 1.88. The standard InChI is InChI=1S/C24H25FN4O3S/c25-20-10-4-5-11-22(20)33(31,32)27-21(18-19-8-2-1-3-9-19)24(30)29-16-14-28(15-17-29)23-12-6-7-13-26-23/h1-13,21,27H,14-18H2. The fourth-order valence-electron chi connectivity index (χ4n) is 3.86. The lowest BCUT2D eigenvalue weighted by Crippen LogP contribution is -2.55. The van der Waals surface area contributed by atoms with Gasteiger partial charge in [0.1, 0.15) is 22.6 Å². The van der Waals surface area contributed by atoms with Crippen molar-refractivity contribution in [1.29, 1.82) is 0 Å². The van der Waals surface area contributed by atoms with E-state index in [1.54, 1.807) is 11.1 Å². The summed E-state index contributed by atoms with van der Waals surface area (Å²) < 4.78 is 42.5. The van der Waals surface area contributed by atoms with Gasteiger partial charge in [-0.25, -0.2) is 17.8 Å². The summed E-state index contributed by atoms with van der Waals surface area (Å²) in [6.45, 7) is 2.03. The maximum absolute atomic E-state index is 14.2. The number of nitrogens with one attached hydrogen (secondary N) is 1. The molecule has 1 saturated heterocycles. The van der Waals surface area contributed by atoms with Crippen LogP contribution >= 0.6 is 0 Å². The molecule has 33 heavy (non-hydrogen) atoms. The van der Waals surface area contributed by atoms with E-state index in [4.69, 9.17) is 0 Å². The molecule has 7 nitrogen and oxygen atoms in total. The smallest absolute Gasteiger partial charge is 0.244 e. The molecule has 2 aromatic carbocycles. The van der Waals surface area contributed by atoms with Gasteiger partial charge in [0, 0.05) is 32.4 Å². The van der Waals surface area contributed by atoms with Crippen LogP contribution in [-0.2, 0) is 21.2 Å². The number of halogens is 1. The summed E-state index contributed by atoms with van der Waals surface area (Å²) in [6, 6.07) is 18.9. The number of nitrogens with zero attached hydrogens (tertiary/aromatic N) is 3. The molecule has 0 spiro atoms. The van der Waals surface area contributed by atoms with E-state index in [0.717, 1.165) is 17.4 Å². The number of carbonyl (C=O) groups excluding carboxylic acids is 1. The van der Waals surface area contributed by atoms with Crippen molar-refractivity contribution in [2.45, 2.75) is 17.4 Å². The van der Waals surface area contributed by atoms with Crippen molar-refractivity contribution in [3.8, 4) is 0 Å². The number of rotatable bonds is 7. The van der Waals surface area contributed by atoms with Crippen LogP contribution in [0.25, 0.3) is 0 Å². The normalized spacial score (nSPS) is 15.3. The zero-order valence-corrected chi connectivity index (χ0v) is 18.8. The maximum atomic E-state index is 14.2. The highest BCUT2D eigenvalue weighted by molar-refractivity contribution is 7.89. The van der Waals surface area contributed by atoms with Crippen molar-refractivity contribution >= 4 is 21.7 Å². The topological polar surface area (TPSA) is 82.6 Å². The fraction of sp³-hybridized carbons (Fsp3) is 0.250. The van der Waals surface area contributed by atoms with Crippen molar-refractivity contribution in [2.75, 3.05) is 31.1 Å². The van der Waals surface area contributed by atoms with Crippen molar-refractivity contribution in [3.63, 3.8) is 0 Å². The lowest BCUT2D eigenvalue weighted by Gasteiger charge is -2.37. The van der Waals surface area contributed by atoms with Gasteiger partial charge in [0.25, 0.3) is 0 Å². The van der Waals surface area contributed by atoms with E-state index in [1.165, 1.54) is 18.2 Å². The van der Waals surface area contributed by atoms with Crippen molar-refractivity contribution in [2.24, 2.45) is 0 Å². The van der Waals surface area contributed by atoms with Crippen LogP contribution in [0, 0.1) is 5.82 Å². The molecule has 1 unspecified atom stereocenters. The molecule has 1 aliphatic rings. The third-order valence-corrected chi connectivity index (χ3v) is 7.07. The average Bonchev–Trinajstić information content (AvgIpc) is 2.84. The lowest BCUT2D eigenvalue weighted by molar-refractivity contribution is -0.133. The van der Waals surface area contributed by atoms with Crippen LogP contribution < -0.4 is 9.62 Å². The fourth-order valence-corrected chi connectivity index (χ4v) is 5.13. The highest BCUT2D eigenvalue weighted by atomic mass is 32.2. The number of sulfonamides is 1. The largest absolute Gasteiger partial charge is 0.353 e. The highest BCUT2D eigenvalue weighted by Gasteiger charge is 2.32. The number of piperazine rings is 1. The van der Waals surface area contributed by atoms with Crippen LogP contribution in [0.4, 0.5) is 10.2 Å². The molecule has 1 aliphatic heterocycles. The van der Waals surface area contributed by atoms with Gasteiger partial charge in [-0.3, -0.25) is 4.79 Å². The number of benzene rings is 2. The number of aromatic nitrogens is 1. The summed E-state index contributed by atoms with van der Waals surface area (Å²) in [5, 5.41) is 0. The minimum absolute atomic E-state index is 0.161. The third kappa shape index (κ3) is 5.55. The number of carbonyl (C=O) groups is 1. The molecule has 1 N–H and O–H groups in total. The van der Waals surface area contributed by atoms with Crippen LogP contribution in [0.15, 0.2) is 83.9 Å². The van der Waals surface area contributed by atoms with Crippen molar-refractivity contribution in [3.05, 3.63) is 90.4 Å². The first-order chi connectivity index (χ1) is 15.9. The average molecular weight is 469 g/mol. The third-order valence-electron chi connectivity index (χ3n) is 5.57. The molecule has 0 saturated carbocycles. The predicted molar refractivity (Wildman–Crippen MR) is 124 cm³/mol. The quantitative estimate of drug-likeness (QED) is 0.576. The Morgan fingerprint density at radius 3 is 2.27 bits per heavy atom. The first-order valence-corrected chi connectivity index (χ1v) is 12.2. The molecular formula is C24H25FN4O3S. The van der Waals surface area contributed by atoms with Crippen LogP contribution in [0.3, 0.4) is 0 Å². The molecule has 0 radical (unpaired) electrons. The highest BCUT2D eigenvalue weighted by Crippen LogP contribution is 2.17. The molecular weight excluding hydrogens is 443 g/mol. The molecule has 1 atom stereocenters. The zero-order valence-electron chi connectivity index (χ0n) is 18.0. The van der Waals surface area contributed by atoms with Gasteiger partial charge in [0.2, 0.25) is 15.9 Å². The lowest BCUT2D eigenvalue weighted by atomic mass is 10.1. The molecule has 1 amide bonds. The van der Waals surface area contributed by atoms with Gasteiger partial charge in [-0.05, 0) is 36.2 Å². The van der Waals surface area contributed by atoms with E-state index in [1.807, 2.05) is 48.5 Å². The second kappa shape index (κ2) is 10.1. The Morgan fingerprint density at radius 1 is 0.939 bits per heavy atom. The van der Waals surface area contributed by atoms with Crippen LogP contribution in [-0.4, -0.2) is 56.4 Å². The molecule has 0 aliphatic carbocycles. The number of anilines is 1. The first kappa shape index (κ1) is 22.9. The molecule has 172 valence electrons. The van der Waals surface area contributed by atoms with Crippen LogP contribution in [0.1, 0.15) is 5.56 Å².